The lowest BCUT2D eigenvalue weighted by atomic mass is 10.2. The molecule has 0 saturated heterocycles. The molecule has 2 amide bonds. The molecule has 154 valence electrons. The van der Waals surface area contributed by atoms with E-state index in [9.17, 15) is 14.7 Å². The fraction of sp³-hybridized carbons (Fsp3) is 0.0435. The minimum atomic E-state index is -0.637. The first-order chi connectivity index (χ1) is 15.1. The maximum absolute atomic E-state index is 12.1. The number of nitrogens with one attached hydrogen (secondary N) is 2. The smallest absolute Gasteiger partial charge is 0.274 e. The average molecular weight is 414 g/mol. The fourth-order valence-electron chi connectivity index (χ4n) is 2.91. The first kappa shape index (κ1) is 19.8. The number of anilines is 1. The maximum Gasteiger partial charge on any atom is 0.274 e. The number of rotatable bonds is 6. The summed E-state index contributed by atoms with van der Waals surface area (Å²) in [7, 11) is 0. The van der Waals surface area contributed by atoms with Crippen LogP contribution in [0.25, 0.3) is 10.9 Å². The molecule has 8 heteroatoms. The zero-order valence-corrected chi connectivity index (χ0v) is 16.3. The number of carbonyl (C=O) groups excluding carboxylic acids is 2. The van der Waals surface area contributed by atoms with Crippen molar-refractivity contribution in [3.63, 3.8) is 0 Å². The molecule has 2 aromatic heterocycles. The van der Waals surface area contributed by atoms with Crippen LogP contribution < -0.4 is 15.4 Å². The Morgan fingerprint density at radius 1 is 0.903 bits per heavy atom. The quantitative estimate of drug-likeness (QED) is 0.445. The SMILES string of the molecule is O=C(CNC(=O)c1ncccc1O)Nc1ccc(Oc2ccnc3ccccc23)cc1. The number of hydrogen-bond donors (Lipinski definition) is 3. The van der Waals surface area contributed by atoms with E-state index in [4.69, 9.17) is 4.74 Å². The second-order valence-corrected chi connectivity index (χ2v) is 6.55. The highest BCUT2D eigenvalue weighted by molar-refractivity contribution is 5.99. The molecule has 0 aliphatic carbocycles. The van der Waals surface area contributed by atoms with Crippen LogP contribution in [0.3, 0.4) is 0 Å². The van der Waals surface area contributed by atoms with Gasteiger partial charge in [-0.3, -0.25) is 14.6 Å². The van der Waals surface area contributed by atoms with E-state index >= 15 is 0 Å². The molecule has 0 bridgehead atoms. The Hall–Kier alpha value is -4.46. The van der Waals surface area contributed by atoms with Crippen LogP contribution in [0.4, 0.5) is 5.69 Å². The number of amides is 2. The highest BCUT2D eigenvalue weighted by Gasteiger charge is 2.13. The lowest BCUT2D eigenvalue weighted by Gasteiger charge is -2.10. The molecular weight excluding hydrogens is 396 g/mol. The Morgan fingerprint density at radius 3 is 2.52 bits per heavy atom. The summed E-state index contributed by atoms with van der Waals surface area (Å²) in [5.41, 5.74) is 1.25. The van der Waals surface area contributed by atoms with Crippen LogP contribution in [0.5, 0.6) is 17.2 Å². The number of nitrogens with zero attached hydrogens (tertiary/aromatic N) is 2. The van der Waals surface area contributed by atoms with Crippen molar-refractivity contribution in [2.45, 2.75) is 0 Å². The standard InChI is InChI=1S/C23H18N4O4/c28-19-6-3-12-25-22(19)23(30)26-14-21(29)27-15-7-9-16(10-8-15)31-20-11-13-24-18-5-2-1-4-17(18)20/h1-13,28H,14H2,(H,26,30)(H,27,29). The number of ether oxygens (including phenoxy) is 1. The van der Waals surface area contributed by atoms with Crippen LogP contribution in [0.15, 0.2) is 79.1 Å². The van der Waals surface area contributed by atoms with Crippen molar-refractivity contribution in [3.8, 4) is 17.2 Å². The first-order valence-electron chi connectivity index (χ1n) is 9.44. The molecule has 0 aliphatic heterocycles. The summed E-state index contributed by atoms with van der Waals surface area (Å²) < 4.78 is 5.95. The lowest BCUT2D eigenvalue weighted by Crippen LogP contribution is -2.33. The Morgan fingerprint density at radius 2 is 1.71 bits per heavy atom. The number of aromatic nitrogens is 2. The van der Waals surface area contributed by atoms with Crippen molar-refractivity contribution in [2.75, 3.05) is 11.9 Å². The van der Waals surface area contributed by atoms with Crippen LogP contribution in [-0.2, 0) is 4.79 Å². The number of hydrogen-bond acceptors (Lipinski definition) is 6. The fourth-order valence-corrected chi connectivity index (χ4v) is 2.91. The molecule has 0 unspecified atom stereocenters. The van der Waals surface area contributed by atoms with Crippen LogP contribution in [-0.4, -0.2) is 33.4 Å². The number of para-hydroxylation sites is 1. The third kappa shape index (κ3) is 4.76. The van der Waals surface area contributed by atoms with Crippen molar-refractivity contribution >= 4 is 28.4 Å². The monoisotopic (exact) mass is 414 g/mol. The van der Waals surface area contributed by atoms with E-state index in [1.807, 2.05) is 24.3 Å². The molecule has 0 atom stereocenters. The van der Waals surface area contributed by atoms with Gasteiger partial charge >= 0.3 is 0 Å². The van der Waals surface area contributed by atoms with Crippen molar-refractivity contribution in [1.29, 1.82) is 0 Å². The van der Waals surface area contributed by atoms with E-state index in [1.165, 1.54) is 18.3 Å². The van der Waals surface area contributed by atoms with Gasteiger partial charge in [-0.25, -0.2) is 4.98 Å². The van der Waals surface area contributed by atoms with Gasteiger partial charge in [0.15, 0.2) is 5.69 Å². The van der Waals surface area contributed by atoms with E-state index in [1.54, 1.807) is 36.5 Å². The summed E-state index contributed by atoms with van der Waals surface area (Å²) in [6.45, 7) is -0.268. The second kappa shape index (κ2) is 8.91. The predicted molar refractivity (Wildman–Crippen MR) is 115 cm³/mol. The van der Waals surface area contributed by atoms with E-state index in [0.717, 1.165) is 10.9 Å². The van der Waals surface area contributed by atoms with Crippen molar-refractivity contribution in [2.24, 2.45) is 0 Å². The molecule has 8 nitrogen and oxygen atoms in total. The van der Waals surface area contributed by atoms with Gasteiger partial charge in [-0.2, -0.15) is 0 Å². The van der Waals surface area contributed by atoms with E-state index in [-0.39, 0.29) is 18.0 Å². The van der Waals surface area contributed by atoms with Gasteiger partial charge in [0.05, 0.1) is 12.1 Å². The molecule has 4 aromatic rings. The van der Waals surface area contributed by atoms with Gasteiger partial charge in [-0.1, -0.05) is 12.1 Å². The molecule has 0 saturated carbocycles. The predicted octanol–water partition coefficient (Wildman–Crippen LogP) is 3.50. The molecular formula is C23H18N4O4. The zero-order chi connectivity index (χ0) is 21.6. The Kier molecular flexibility index (Phi) is 5.70. The maximum atomic E-state index is 12.1. The first-order valence-corrected chi connectivity index (χ1v) is 9.44. The van der Waals surface area contributed by atoms with E-state index in [2.05, 4.69) is 20.6 Å². The largest absolute Gasteiger partial charge is 0.505 e. The summed E-state index contributed by atoms with van der Waals surface area (Å²) >= 11 is 0. The summed E-state index contributed by atoms with van der Waals surface area (Å²) in [5.74, 6) is -0.0201. The highest BCUT2D eigenvalue weighted by atomic mass is 16.5. The van der Waals surface area contributed by atoms with Gasteiger partial charge < -0.3 is 20.5 Å². The van der Waals surface area contributed by atoms with E-state index in [0.29, 0.717) is 17.2 Å². The molecule has 3 N–H and O–H groups in total. The lowest BCUT2D eigenvalue weighted by molar-refractivity contribution is -0.115. The minimum Gasteiger partial charge on any atom is -0.505 e. The highest BCUT2D eigenvalue weighted by Crippen LogP contribution is 2.29. The van der Waals surface area contributed by atoms with Gasteiger partial charge in [0.25, 0.3) is 5.91 Å². The minimum absolute atomic E-state index is 0.138. The Labute approximate surface area is 177 Å². The number of carbonyl (C=O) groups is 2. The van der Waals surface area contributed by atoms with Crippen LogP contribution in [0.2, 0.25) is 0 Å². The third-order valence-electron chi connectivity index (χ3n) is 4.39. The number of fused-ring (bicyclic) bond motifs is 1. The van der Waals surface area contributed by atoms with E-state index < -0.39 is 11.8 Å². The average Bonchev–Trinajstić information content (AvgIpc) is 2.79. The molecule has 4 rings (SSSR count). The summed E-state index contributed by atoms with van der Waals surface area (Å²) in [5, 5.41) is 15.6. The van der Waals surface area contributed by atoms with Crippen LogP contribution in [0, 0.1) is 0 Å². The van der Waals surface area contributed by atoms with Gasteiger partial charge in [0, 0.05) is 23.5 Å². The normalized spacial score (nSPS) is 10.5. The summed E-state index contributed by atoms with van der Waals surface area (Å²) in [4.78, 5) is 32.2. The molecule has 31 heavy (non-hydrogen) atoms. The Balaban J connectivity index is 1.34. The molecule has 0 fully saturated rings. The van der Waals surface area contributed by atoms with Crippen molar-refractivity contribution in [3.05, 3.63) is 84.8 Å². The topological polar surface area (TPSA) is 113 Å². The molecule has 2 heterocycles. The van der Waals surface area contributed by atoms with Crippen molar-refractivity contribution in [1.82, 2.24) is 15.3 Å². The number of benzene rings is 2. The summed E-state index contributed by atoms with van der Waals surface area (Å²) in [6.07, 6.45) is 3.07. The van der Waals surface area contributed by atoms with Gasteiger partial charge in [0.1, 0.15) is 17.2 Å². The van der Waals surface area contributed by atoms with Gasteiger partial charge in [-0.05, 0) is 54.6 Å². The third-order valence-corrected chi connectivity index (χ3v) is 4.39. The van der Waals surface area contributed by atoms with Gasteiger partial charge in [0.2, 0.25) is 5.91 Å². The molecule has 0 radical (unpaired) electrons. The number of aromatic hydroxyl groups is 1. The summed E-state index contributed by atoms with van der Waals surface area (Å²) in [6, 6.07) is 19.2. The van der Waals surface area contributed by atoms with Crippen LogP contribution >= 0.6 is 0 Å². The molecule has 0 spiro atoms. The second-order valence-electron chi connectivity index (χ2n) is 6.55. The van der Waals surface area contributed by atoms with Crippen LogP contribution in [0.1, 0.15) is 10.5 Å². The van der Waals surface area contributed by atoms with Gasteiger partial charge in [-0.15, -0.1) is 0 Å². The Bertz CT molecular complexity index is 1240. The number of pyridine rings is 2. The zero-order valence-electron chi connectivity index (χ0n) is 16.3. The van der Waals surface area contributed by atoms with Crippen molar-refractivity contribution < 1.29 is 19.4 Å². The molecule has 0 aliphatic rings. The molecule has 2 aromatic carbocycles.